The number of hydrogen-bond acceptors (Lipinski definition) is 7. The Balaban J connectivity index is 1.77. The monoisotopic (exact) mass is 522 g/mol. The van der Waals surface area contributed by atoms with E-state index in [2.05, 4.69) is 0 Å². The fraction of sp³-hybridized carbons (Fsp3) is 0.615. The molecule has 198 valence electrons. The van der Waals surface area contributed by atoms with Crippen molar-refractivity contribution in [2.75, 3.05) is 13.7 Å². The van der Waals surface area contributed by atoms with E-state index < -0.39 is 53.0 Å². The average molecular weight is 523 g/mol. The van der Waals surface area contributed by atoms with Crippen LogP contribution in [-0.2, 0) is 41.7 Å². The fourth-order valence-electron chi connectivity index (χ4n) is 4.56. The molecule has 3 atom stereocenters. The van der Waals surface area contributed by atoms with E-state index in [4.69, 9.17) is 25.8 Å². The van der Waals surface area contributed by atoms with Gasteiger partial charge in [0.1, 0.15) is 23.7 Å². The van der Waals surface area contributed by atoms with Gasteiger partial charge in [0, 0.05) is 18.0 Å². The standard InChI is InChI=1S/C26H35ClN2O7/c1-25(2,3)20(23(32)36-26(4,5)6)21(30)29-13-16(11-19(29)22(31)34-7)35-24(33)28-12-15-9-8-10-18(27)17(15)14-28/h8-10,16,19-20H,11-14H2,1-7H3/t16-,19+,20+/m1/s1. The van der Waals surface area contributed by atoms with Crippen LogP contribution < -0.4 is 0 Å². The smallest absolute Gasteiger partial charge is 0.410 e. The Hall–Kier alpha value is -2.81. The first-order chi connectivity index (χ1) is 16.6. The Kier molecular flexibility index (Phi) is 7.93. The molecule has 2 aliphatic rings. The van der Waals surface area contributed by atoms with Crippen LogP contribution in [0.3, 0.4) is 0 Å². The van der Waals surface area contributed by atoms with Crippen LogP contribution in [-0.4, -0.2) is 65.1 Å². The molecular weight excluding hydrogens is 488 g/mol. The Bertz CT molecular complexity index is 1040. The molecule has 3 rings (SSSR count). The van der Waals surface area contributed by atoms with E-state index in [1.165, 1.54) is 16.9 Å². The van der Waals surface area contributed by atoms with Crippen molar-refractivity contribution < 1.29 is 33.4 Å². The Morgan fingerprint density at radius 2 is 1.72 bits per heavy atom. The highest BCUT2D eigenvalue weighted by molar-refractivity contribution is 6.31. The van der Waals surface area contributed by atoms with E-state index in [1.54, 1.807) is 47.6 Å². The Labute approximate surface area is 217 Å². The van der Waals surface area contributed by atoms with Gasteiger partial charge in [-0.15, -0.1) is 0 Å². The fourth-order valence-corrected chi connectivity index (χ4v) is 4.82. The Morgan fingerprint density at radius 1 is 1.06 bits per heavy atom. The summed E-state index contributed by atoms with van der Waals surface area (Å²) in [4.78, 5) is 55.0. The third-order valence-corrected chi connectivity index (χ3v) is 6.58. The van der Waals surface area contributed by atoms with Gasteiger partial charge in [-0.3, -0.25) is 14.5 Å². The summed E-state index contributed by atoms with van der Waals surface area (Å²) in [7, 11) is 1.23. The first kappa shape index (κ1) is 27.8. The summed E-state index contributed by atoms with van der Waals surface area (Å²) in [5.41, 5.74) is 0.245. The van der Waals surface area contributed by atoms with Crippen molar-refractivity contribution >= 4 is 35.5 Å². The molecule has 0 aliphatic carbocycles. The number of rotatable bonds is 4. The van der Waals surface area contributed by atoms with Gasteiger partial charge in [-0.2, -0.15) is 0 Å². The number of methoxy groups -OCH3 is 1. The number of halogens is 1. The lowest BCUT2D eigenvalue weighted by atomic mass is 9.79. The van der Waals surface area contributed by atoms with Gasteiger partial charge in [0.25, 0.3) is 0 Å². The van der Waals surface area contributed by atoms with Crippen LogP contribution in [0.5, 0.6) is 0 Å². The van der Waals surface area contributed by atoms with Crippen LogP contribution in [0.15, 0.2) is 18.2 Å². The number of amides is 2. The van der Waals surface area contributed by atoms with Gasteiger partial charge in [0.05, 0.1) is 20.2 Å². The van der Waals surface area contributed by atoms with Crippen molar-refractivity contribution in [2.45, 2.75) is 78.8 Å². The maximum atomic E-state index is 13.7. The predicted octanol–water partition coefficient (Wildman–Crippen LogP) is 3.94. The van der Waals surface area contributed by atoms with E-state index in [0.29, 0.717) is 18.1 Å². The van der Waals surface area contributed by atoms with Crippen LogP contribution >= 0.6 is 11.6 Å². The lowest BCUT2D eigenvalue weighted by molar-refractivity contribution is -0.171. The first-order valence-electron chi connectivity index (χ1n) is 12.0. The van der Waals surface area contributed by atoms with Gasteiger partial charge in [-0.1, -0.05) is 44.5 Å². The molecule has 0 spiro atoms. The minimum Gasteiger partial charge on any atom is -0.467 e. The van der Waals surface area contributed by atoms with E-state index in [0.717, 1.165) is 11.1 Å². The van der Waals surface area contributed by atoms with Crippen molar-refractivity contribution in [3.05, 3.63) is 34.3 Å². The summed E-state index contributed by atoms with van der Waals surface area (Å²) < 4.78 is 16.1. The van der Waals surface area contributed by atoms with Crippen molar-refractivity contribution in [3.63, 3.8) is 0 Å². The summed E-state index contributed by atoms with van der Waals surface area (Å²) in [6.45, 7) is 11.1. The molecule has 1 aromatic carbocycles. The minimum atomic E-state index is -1.16. The van der Waals surface area contributed by atoms with E-state index >= 15 is 0 Å². The molecule has 1 fully saturated rings. The van der Waals surface area contributed by atoms with Crippen LogP contribution in [0.2, 0.25) is 5.02 Å². The lowest BCUT2D eigenvalue weighted by Crippen LogP contribution is -2.50. The third-order valence-electron chi connectivity index (χ3n) is 6.23. The summed E-state index contributed by atoms with van der Waals surface area (Å²) in [5, 5.41) is 0.585. The molecule has 2 heterocycles. The van der Waals surface area contributed by atoms with Gasteiger partial charge >= 0.3 is 18.0 Å². The van der Waals surface area contributed by atoms with Gasteiger partial charge in [0.15, 0.2) is 0 Å². The van der Waals surface area contributed by atoms with Crippen LogP contribution in [0, 0.1) is 11.3 Å². The number of carbonyl (C=O) groups excluding carboxylic acids is 4. The van der Waals surface area contributed by atoms with Gasteiger partial charge in [-0.25, -0.2) is 9.59 Å². The quantitative estimate of drug-likeness (QED) is 0.335. The Morgan fingerprint density at radius 3 is 2.28 bits per heavy atom. The predicted molar refractivity (Wildman–Crippen MR) is 132 cm³/mol. The molecule has 0 unspecified atom stereocenters. The summed E-state index contributed by atoms with van der Waals surface area (Å²) in [6, 6.07) is 4.51. The second-order valence-electron chi connectivity index (χ2n) is 11.3. The number of carbonyl (C=O) groups is 4. The first-order valence-corrected chi connectivity index (χ1v) is 12.3. The maximum absolute atomic E-state index is 13.7. The zero-order valence-corrected chi connectivity index (χ0v) is 22.7. The zero-order valence-electron chi connectivity index (χ0n) is 21.9. The number of ether oxygens (including phenoxy) is 3. The molecule has 36 heavy (non-hydrogen) atoms. The van der Waals surface area contributed by atoms with Crippen molar-refractivity contribution in [3.8, 4) is 0 Å². The molecule has 0 radical (unpaired) electrons. The van der Waals surface area contributed by atoms with Crippen LogP contribution in [0.4, 0.5) is 4.79 Å². The molecule has 2 aliphatic heterocycles. The minimum absolute atomic E-state index is 0.0404. The molecule has 0 bridgehead atoms. The number of hydrogen-bond donors (Lipinski definition) is 0. The number of benzene rings is 1. The molecule has 1 saturated heterocycles. The van der Waals surface area contributed by atoms with Crippen molar-refractivity contribution in [2.24, 2.45) is 11.3 Å². The number of nitrogens with zero attached hydrogens (tertiary/aromatic N) is 2. The van der Waals surface area contributed by atoms with Crippen LogP contribution in [0.1, 0.15) is 59.1 Å². The topological polar surface area (TPSA) is 102 Å². The molecular formula is C26H35ClN2O7. The van der Waals surface area contributed by atoms with Crippen LogP contribution in [0.25, 0.3) is 0 Å². The van der Waals surface area contributed by atoms with Gasteiger partial charge in [-0.05, 0) is 43.4 Å². The van der Waals surface area contributed by atoms with Crippen molar-refractivity contribution in [1.29, 1.82) is 0 Å². The van der Waals surface area contributed by atoms with Gasteiger partial charge in [0.2, 0.25) is 5.91 Å². The highest BCUT2D eigenvalue weighted by Gasteiger charge is 2.49. The molecule has 0 aromatic heterocycles. The third kappa shape index (κ3) is 6.11. The normalized spacial score (nSPS) is 20.6. The second kappa shape index (κ2) is 10.3. The molecule has 9 nitrogen and oxygen atoms in total. The summed E-state index contributed by atoms with van der Waals surface area (Å²) in [6.07, 6.45) is -1.25. The zero-order chi connectivity index (χ0) is 27.0. The van der Waals surface area contributed by atoms with E-state index in [9.17, 15) is 19.2 Å². The van der Waals surface area contributed by atoms with E-state index in [1.807, 2.05) is 12.1 Å². The molecule has 0 saturated carbocycles. The molecule has 1 aromatic rings. The largest absolute Gasteiger partial charge is 0.467 e. The second-order valence-corrected chi connectivity index (χ2v) is 11.7. The summed E-state index contributed by atoms with van der Waals surface area (Å²) >= 11 is 6.25. The number of fused-ring (bicyclic) bond motifs is 1. The summed E-state index contributed by atoms with van der Waals surface area (Å²) in [5.74, 6) is -3.03. The highest BCUT2D eigenvalue weighted by Crippen LogP contribution is 2.34. The molecule has 2 amide bonds. The van der Waals surface area contributed by atoms with E-state index in [-0.39, 0.29) is 13.0 Å². The highest BCUT2D eigenvalue weighted by atomic mass is 35.5. The maximum Gasteiger partial charge on any atom is 0.410 e. The van der Waals surface area contributed by atoms with Crippen molar-refractivity contribution in [1.82, 2.24) is 9.80 Å². The van der Waals surface area contributed by atoms with Gasteiger partial charge < -0.3 is 19.1 Å². The number of esters is 2. The lowest BCUT2D eigenvalue weighted by Gasteiger charge is -2.34. The molecule has 0 N–H and O–H groups in total. The molecule has 10 heteroatoms. The number of likely N-dealkylation sites (tertiary alicyclic amines) is 1. The SMILES string of the molecule is COC(=O)[C@@H]1C[C@@H](OC(=O)N2Cc3cccc(Cl)c3C2)CN1C(=O)[C@@H](C(=O)OC(C)(C)C)C(C)(C)C. The average Bonchev–Trinajstić information content (AvgIpc) is 3.36.